The highest BCUT2D eigenvalue weighted by Crippen LogP contribution is 2.35. The van der Waals surface area contributed by atoms with Gasteiger partial charge < -0.3 is 24.2 Å². The van der Waals surface area contributed by atoms with Crippen LogP contribution in [0, 0.1) is 0 Å². The Hall–Kier alpha value is -3.68. The predicted octanol–water partition coefficient (Wildman–Crippen LogP) is 4.71. The Morgan fingerprint density at radius 2 is 1.75 bits per heavy atom. The number of carboxylic acids is 1. The lowest BCUT2D eigenvalue weighted by atomic mass is 9.99. The Kier molecular flexibility index (Phi) is 7.02. The first-order valence-corrected chi connectivity index (χ1v) is 12.4. The molecule has 2 aromatic heterocycles. The fourth-order valence-electron chi connectivity index (χ4n) is 5.02. The molecule has 4 aromatic rings. The SMILES string of the molecule is COc1cccc(-c2cncc(-c3cn(CCCN4CCN(C)CC4)c4cccc(C(=O)O)c34)c2)c1. The first kappa shape index (κ1) is 24.0. The molecule has 1 N–H and O–H groups in total. The number of likely N-dealkylation sites (N-methyl/N-ethyl adjacent to an activating group) is 1. The summed E-state index contributed by atoms with van der Waals surface area (Å²) in [4.78, 5) is 21.5. The second-order valence-electron chi connectivity index (χ2n) is 9.43. The maximum absolute atomic E-state index is 12.2. The third-order valence-electron chi connectivity index (χ3n) is 7.06. The van der Waals surface area contributed by atoms with Gasteiger partial charge in [-0.1, -0.05) is 18.2 Å². The molecule has 0 atom stereocenters. The van der Waals surface area contributed by atoms with E-state index in [9.17, 15) is 9.90 Å². The fourth-order valence-corrected chi connectivity index (χ4v) is 5.02. The van der Waals surface area contributed by atoms with Crippen LogP contribution in [0.4, 0.5) is 0 Å². The highest BCUT2D eigenvalue weighted by molar-refractivity contribution is 6.09. The number of aromatic carboxylic acids is 1. The zero-order valence-electron chi connectivity index (χ0n) is 20.9. The maximum atomic E-state index is 12.2. The molecule has 7 nitrogen and oxygen atoms in total. The van der Waals surface area contributed by atoms with E-state index in [2.05, 4.69) is 38.7 Å². The van der Waals surface area contributed by atoms with Crippen LogP contribution in [0.5, 0.6) is 5.75 Å². The van der Waals surface area contributed by atoms with Crippen LogP contribution < -0.4 is 4.74 Å². The van der Waals surface area contributed by atoms with Gasteiger partial charge in [0.05, 0.1) is 12.7 Å². The van der Waals surface area contributed by atoms with Crippen LogP contribution in [0.2, 0.25) is 0 Å². The van der Waals surface area contributed by atoms with Gasteiger partial charge in [0.1, 0.15) is 5.75 Å². The van der Waals surface area contributed by atoms with Crippen molar-refractivity contribution in [2.24, 2.45) is 0 Å². The molecule has 0 unspecified atom stereocenters. The number of hydrogen-bond donors (Lipinski definition) is 1. The van der Waals surface area contributed by atoms with Crippen molar-refractivity contribution in [3.63, 3.8) is 0 Å². The number of piperazine rings is 1. The first-order chi connectivity index (χ1) is 17.5. The zero-order chi connectivity index (χ0) is 25.1. The highest BCUT2D eigenvalue weighted by Gasteiger charge is 2.19. The molecular formula is C29H32N4O3. The van der Waals surface area contributed by atoms with E-state index in [1.165, 1.54) is 0 Å². The molecule has 186 valence electrons. The third kappa shape index (κ3) is 4.98. The van der Waals surface area contributed by atoms with E-state index < -0.39 is 5.97 Å². The summed E-state index contributed by atoms with van der Waals surface area (Å²) in [5, 5.41) is 10.7. The largest absolute Gasteiger partial charge is 0.497 e. The molecule has 5 rings (SSSR count). The molecule has 2 aromatic carbocycles. The smallest absolute Gasteiger partial charge is 0.336 e. The van der Waals surface area contributed by atoms with Crippen LogP contribution in [-0.4, -0.2) is 77.3 Å². The molecule has 0 spiro atoms. The van der Waals surface area contributed by atoms with E-state index in [4.69, 9.17) is 4.74 Å². The second kappa shape index (κ2) is 10.5. The third-order valence-corrected chi connectivity index (χ3v) is 7.06. The Morgan fingerprint density at radius 3 is 2.53 bits per heavy atom. The van der Waals surface area contributed by atoms with E-state index >= 15 is 0 Å². The van der Waals surface area contributed by atoms with Crippen molar-refractivity contribution >= 4 is 16.9 Å². The number of aryl methyl sites for hydroxylation is 1. The molecule has 0 aliphatic carbocycles. The average molecular weight is 485 g/mol. The normalized spacial score (nSPS) is 14.8. The molecule has 1 aliphatic rings. The monoisotopic (exact) mass is 484 g/mol. The molecule has 3 heterocycles. The van der Waals surface area contributed by atoms with E-state index in [-0.39, 0.29) is 0 Å². The number of carboxylic acid groups (broad SMARTS) is 1. The van der Waals surface area contributed by atoms with Crippen molar-refractivity contribution in [2.75, 3.05) is 46.9 Å². The molecule has 7 heteroatoms. The Bertz CT molecular complexity index is 1370. The van der Waals surface area contributed by atoms with Crippen molar-refractivity contribution in [3.8, 4) is 28.0 Å². The number of aromatic nitrogens is 2. The maximum Gasteiger partial charge on any atom is 0.336 e. The van der Waals surface area contributed by atoms with Crippen molar-refractivity contribution in [1.29, 1.82) is 0 Å². The summed E-state index contributed by atoms with van der Waals surface area (Å²) < 4.78 is 7.59. The standard InChI is InChI=1S/C29H32N4O3/c1-31-12-14-32(15-13-31)10-5-11-33-20-26(28-25(29(34)35)8-4-9-27(28)33)23-16-22(18-30-19-23)21-6-3-7-24(17-21)36-2/h3-4,6-9,16-20H,5,10-15H2,1-2H3,(H,34,35). The van der Waals surface area contributed by atoms with Gasteiger partial charge in [-0.3, -0.25) is 4.98 Å². The minimum Gasteiger partial charge on any atom is -0.497 e. The lowest BCUT2D eigenvalue weighted by molar-refractivity contribution is 0.0699. The molecule has 1 fully saturated rings. The van der Waals surface area contributed by atoms with Crippen molar-refractivity contribution in [1.82, 2.24) is 19.4 Å². The van der Waals surface area contributed by atoms with Crippen LogP contribution in [0.3, 0.4) is 0 Å². The van der Waals surface area contributed by atoms with Crippen LogP contribution in [0.1, 0.15) is 16.8 Å². The lowest BCUT2D eigenvalue weighted by Crippen LogP contribution is -2.44. The number of nitrogens with zero attached hydrogens (tertiary/aromatic N) is 4. The molecule has 0 radical (unpaired) electrons. The summed E-state index contributed by atoms with van der Waals surface area (Å²) in [5.74, 6) is -0.142. The minimum atomic E-state index is -0.922. The minimum absolute atomic E-state index is 0.312. The topological polar surface area (TPSA) is 70.8 Å². The van der Waals surface area contributed by atoms with E-state index in [1.807, 2.05) is 48.8 Å². The van der Waals surface area contributed by atoms with Crippen molar-refractivity contribution in [2.45, 2.75) is 13.0 Å². The number of pyridine rings is 1. The van der Waals surface area contributed by atoms with Gasteiger partial charge in [0.2, 0.25) is 0 Å². The predicted molar refractivity (Wildman–Crippen MR) is 143 cm³/mol. The summed E-state index contributed by atoms with van der Waals surface area (Å²) in [6.07, 6.45) is 6.73. The van der Waals surface area contributed by atoms with Gasteiger partial charge in [-0.15, -0.1) is 0 Å². The highest BCUT2D eigenvalue weighted by atomic mass is 16.5. The summed E-state index contributed by atoms with van der Waals surface area (Å²) in [6, 6.07) is 15.5. The Morgan fingerprint density at radius 1 is 0.972 bits per heavy atom. The number of rotatable bonds is 8. The van der Waals surface area contributed by atoms with Gasteiger partial charge in [-0.05, 0) is 55.9 Å². The van der Waals surface area contributed by atoms with E-state index in [1.54, 1.807) is 13.2 Å². The van der Waals surface area contributed by atoms with Gasteiger partial charge >= 0.3 is 5.97 Å². The van der Waals surface area contributed by atoms with E-state index in [0.29, 0.717) is 5.56 Å². The van der Waals surface area contributed by atoms with Gasteiger partial charge in [0.25, 0.3) is 0 Å². The number of methoxy groups -OCH3 is 1. The van der Waals surface area contributed by atoms with Gasteiger partial charge in [0, 0.05) is 78.9 Å². The Labute approximate surface area is 211 Å². The number of benzene rings is 2. The fraction of sp³-hybridized carbons (Fsp3) is 0.310. The average Bonchev–Trinajstić information content (AvgIpc) is 3.28. The second-order valence-corrected chi connectivity index (χ2v) is 9.43. The van der Waals surface area contributed by atoms with Crippen LogP contribution in [-0.2, 0) is 6.54 Å². The number of fused-ring (bicyclic) bond motifs is 1. The molecule has 1 saturated heterocycles. The van der Waals surface area contributed by atoms with E-state index in [0.717, 1.165) is 84.6 Å². The van der Waals surface area contributed by atoms with Crippen LogP contribution >= 0.6 is 0 Å². The molecule has 0 amide bonds. The number of carbonyl (C=O) groups is 1. The van der Waals surface area contributed by atoms with Gasteiger partial charge in [0.15, 0.2) is 0 Å². The number of hydrogen-bond acceptors (Lipinski definition) is 5. The molecule has 36 heavy (non-hydrogen) atoms. The lowest BCUT2D eigenvalue weighted by Gasteiger charge is -2.32. The van der Waals surface area contributed by atoms with Crippen molar-refractivity contribution < 1.29 is 14.6 Å². The van der Waals surface area contributed by atoms with Gasteiger partial charge in [-0.25, -0.2) is 4.79 Å². The van der Waals surface area contributed by atoms with Crippen LogP contribution in [0.15, 0.2) is 67.1 Å². The number of ether oxygens (including phenoxy) is 1. The Balaban J connectivity index is 1.49. The molecular weight excluding hydrogens is 452 g/mol. The summed E-state index contributed by atoms with van der Waals surface area (Å²) >= 11 is 0. The first-order valence-electron chi connectivity index (χ1n) is 12.4. The quantitative estimate of drug-likeness (QED) is 0.390. The zero-order valence-corrected chi connectivity index (χ0v) is 20.9. The van der Waals surface area contributed by atoms with Gasteiger partial charge in [-0.2, -0.15) is 0 Å². The molecule has 0 bridgehead atoms. The summed E-state index contributed by atoms with van der Waals surface area (Å²) in [6.45, 7) is 6.27. The molecule has 0 saturated carbocycles. The summed E-state index contributed by atoms with van der Waals surface area (Å²) in [7, 11) is 3.82. The van der Waals surface area contributed by atoms with Crippen molar-refractivity contribution in [3.05, 3.63) is 72.7 Å². The molecule has 1 aliphatic heterocycles. The summed E-state index contributed by atoms with van der Waals surface area (Å²) in [5.41, 5.74) is 4.99. The van der Waals surface area contributed by atoms with Crippen LogP contribution in [0.25, 0.3) is 33.2 Å².